The number of aryl methyl sites for hydroxylation is 2. The van der Waals surface area contributed by atoms with Crippen LogP contribution in [0.1, 0.15) is 42.9 Å². The van der Waals surface area contributed by atoms with E-state index >= 15 is 0 Å². The van der Waals surface area contributed by atoms with Gasteiger partial charge in [-0.1, -0.05) is 44.2 Å². The van der Waals surface area contributed by atoms with E-state index in [-0.39, 0.29) is 24.9 Å². The van der Waals surface area contributed by atoms with Crippen molar-refractivity contribution in [3.05, 3.63) is 77.6 Å². The molecule has 0 aliphatic heterocycles. The van der Waals surface area contributed by atoms with Crippen molar-refractivity contribution >= 4 is 11.8 Å². The van der Waals surface area contributed by atoms with E-state index < -0.39 is 5.91 Å². The summed E-state index contributed by atoms with van der Waals surface area (Å²) in [7, 11) is 0. The molecule has 0 bridgehead atoms. The average molecular weight is 421 g/mol. The number of rotatable bonds is 8. The van der Waals surface area contributed by atoms with Crippen LogP contribution >= 0.6 is 0 Å². The van der Waals surface area contributed by atoms with Crippen LogP contribution in [0, 0.1) is 6.92 Å². The van der Waals surface area contributed by atoms with Crippen LogP contribution in [0.3, 0.4) is 0 Å². The number of hydrogen-bond acceptors (Lipinski definition) is 4. The Balaban J connectivity index is 1.42. The second-order valence-corrected chi connectivity index (χ2v) is 7.71. The predicted octanol–water partition coefficient (Wildman–Crippen LogP) is 3.46. The van der Waals surface area contributed by atoms with Gasteiger partial charge in [0, 0.05) is 12.6 Å². The van der Waals surface area contributed by atoms with Crippen molar-refractivity contribution in [3.8, 4) is 11.4 Å². The molecule has 3 aromatic rings. The number of nitrogens with one attached hydrogen (secondary N) is 2. The maximum absolute atomic E-state index is 12.1. The first-order valence-corrected chi connectivity index (χ1v) is 10.3. The molecule has 7 heteroatoms. The summed E-state index contributed by atoms with van der Waals surface area (Å²) in [6.07, 6.45) is 4.38. The van der Waals surface area contributed by atoms with Crippen molar-refractivity contribution in [2.24, 2.45) is 0 Å². The highest BCUT2D eigenvalue weighted by Crippen LogP contribution is 2.27. The Kier molecular flexibility index (Phi) is 7.43. The van der Waals surface area contributed by atoms with Gasteiger partial charge in [0.05, 0.1) is 11.9 Å². The van der Waals surface area contributed by atoms with Gasteiger partial charge in [0.25, 0.3) is 5.91 Å². The summed E-state index contributed by atoms with van der Waals surface area (Å²) in [5, 5.41) is 4.32. The number of hydrazine groups is 1. The second-order valence-electron chi connectivity index (χ2n) is 7.71. The van der Waals surface area contributed by atoms with E-state index in [9.17, 15) is 9.59 Å². The zero-order chi connectivity index (χ0) is 22.2. The lowest BCUT2D eigenvalue weighted by molar-refractivity contribution is -0.130. The minimum absolute atomic E-state index is 0.173. The average Bonchev–Trinajstić information content (AvgIpc) is 3.24. The quantitative estimate of drug-likeness (QED) is 0.547. The first kappa shape index (κ1) is 22.1. The normalized spacial score (nSPS) is 10.7. The van der Waals surface area contributed by atoms with Crippen molar-refractivity contribution < 1.29 is 14.3 Å². The van der Waals surface area contributed by atoms with Crippen molar-refractivity contribution in [1.82, 2.24) is 20.6 Å². The molecule has 0 saturated carbocycles. The lowest BCUT2D eigenvalue weighted by atomic mass is 10.0. The predicted molar refractivity (Wildman–Crippen MR) is 119 cm³/mol. The summed E-state index contributed by atoms with van der Waals surface area (Å²) in [5.41, 5.74) is 8.83. The van der Waals surface area contributed by atoms with Gasteiger partial charge in [-0.3, -0.25) is 20.4 Å². The van der Waals surface area contributed by atoms with Crippen LogP contribution in [0.15, 0.2) is 60.9 Å². The third-order valence-corrected chi connectivity index (χ3v) is 4.79. The first-order chi connectivity index (χ1) is 14.9. The van der Waals surface area contributed by atoms with E-state index in [0.29, 0.717) is 12.2 Å². The molecule has 7 nitrogen and oxygen atoms in total. The molecule has 0 radical (unpaired) electrons. The Morgan fingerprint density at radius 2 is 1.81 bits per heavy atom. The van der Waals surface area contributed by atoms with E-state index in [1.54, 1.807) is 10.9 Å². The minimum Gasteiger partial charge on any atom is -0.483 e. The summed E-state index contributed by atoms with van der Waals surface area (Å²) in [6, 6.07) is 15.7. The number of nitrogens with zero attached hydrogens (tertiary/aromatic N) is 2. The van der Waals surface area contributed by atoms with Gasteiger partial charge in [-0.15, -0.1) is 0 Å². The van der Waals surface area contributed by atoms with Crippen LogP contribution in [0.2, 0.25) is 0 Å². The number of para-hydroxylation sites is 1. The van der Waals surface area contributed by atoms with Crippen LogP contribution in [0.25, 0.3) is 5.69 Å². The molecule has 162 valence electrons. The van der Waals surface area contributed by atoms with Gasteiger partial charge in [-0.2, -0.15) is 5.10 Å². The van der Waals surface area contributed by atoms with Crippen LogP contribution in [0.4, 0.5) is 0 Å². The molecule has 0 saturated heterocycles. The third kappa shape index (κ3) is 6.44. The van der Waals surface area contributed by atoms with E-state index in [0.717, 1.165) is 22.4 Å². The van der Waals surface area contributed by atoms with Gasteiger partial charge in [0.15, 0.2) is 6.61 Å². The zero-order valence-electron chi connectivity index (χ0n) is 18.1. The summed E-state index contributed by atoms with van der Waals surface area (Å²) in [4.78, 5) is 24.1. The molecule has 0 atom stereocenters. The molecule has 1 aromatic heterocycles. The molecule has 3 rings (SSSR count). The number of benzene rings is 2. The molecule has 0 aliphatic carbocycles. The number of carbonyl (C=O) groups excluding carboxylic acids is 2. The first-order valence-electron chi connectivity index (χ1n) is 10.3. The monoisotopic (exact) mass is 420 g/mol. The lowest BCUT2D eigenvalue weighted by Crippen LogP contribution is -2.43. The minimum atomic E-state index is -0.415. The number of amides is 2. The van der Waals surface area contributed by atoms with Crippen LogP contribution in [0.5, 0.6) is 5.75 Å². The molecular formula is C24H28N4O3. The Bertz CT molecular complexity index is 1030. The van der Waals surface area contributed by atoms with Gasteiger partial charge in [0.1, 0.15) is 5.75 Å². The van der Waals surface area contributed by atoms with Gasteiger partial charge in [0.2, 0.25) is 5.91 Å². The Morgan fingerprint density at radius 3 is 2.55 bits per heavy atom. The highest BCUT2D eigenvalue weighted by atomic mass is 16.5. The molecule has 31 heavy (non-hydrogen) atoms. The van der Waals surface area contributed by atoms with E-state index in [2.05, 4.69) is 29.8 Å². The largest absolute Gasteiger partial charge is 0.483 e. The van der Waals surface area contributed by atoms with Gasteiger partial charge < -0.3 is 4.74 Å². The summed E-state index contributed by atoms with van der Waals surface area (Å²) < 4.78 is 7.44. The topological polar surface area (TPSA) is 85.2 Å². The molecule has 2 aromatic carbocycles. The van der Waals surface area contributed by atoms with Gasteiger partial charge in [-0.05, 0) is 54.2 Å². The van der Waals surface area contributed by atoms with Crippen molar-refractivity contribution in [1.29, 1.82) is 0 Å². The maximum Gasteiger partial charge on any atom is 0.276 e. The van der Waals surface area contributed by atoms with Crippen molar-refractivity contribution in [2.45, 2.75) is 39.5 Å². The van der Waals surface area contributed by atoms with Crippen molar-refractivity contribution in [2.75, 3.05) is 6.61 Å². The third-order valence-electron chi connectivity index (χ3n) is 4.79. The molecule has 2 N–H and O–H groups in total. The maximum atomic E-state index is 12.1. The molecule has 2 amide bonds. The molecule has 0 aliphatic rings. The fourth-order valence-electron chi connectivity index (χ4n) is 3.09. The highest BCUT2D eigenvalue weighted by Gasteiger charge is 2.11. The summed E-state index contributed by atoms with van der Waals surface area (Å²) in [6.45, 7) is 5.94. The lowest BCUT2D eigenvalue weighted by Gasteiger charge is -2.15. The van der Waals surface area contributed by atoms with Crippen LogP contribution in [-0.4, -0.2) is 28.2 Å². The fraction of sp³-hybridized carbons (Fsp3) is 0.292. The van der Waals surface area contributed by atoms with E-state index in [4.69, 9.17) is 4.74 Å². The van der Waals surface area contributed by atoms with E-state index in [1.165, 1.54) is 0 Å². The molecule has 0 fully saturated rings. The zero-order valence-corrected chi connectivity index (χ0v) is 18.1. The SMILES string of the molecule is Cc1ccc(C(C)C)c(OCC(=O)NNC(=O)CCc2cnn(-c3ccccc3)c2)c1. The van der Waals surface area contributed by atoms with Crippen LogP contribution in [-0.2, 0) is 16.0 Å². The van der Waals surface area contributed by atoms with Crippen molar-refractivity contribution in [3.63, 3.8) is 0 Å². The molecule has 0 unspecified atom stereocenters. The van der Waals surface area contributed by atoms with E-state index in [1.807, 2.05) is 61.7 Å². The highest BCUT2D eigenvalue weighted by molar-refractivity contribution is 5.82. The number of carbonyl (C=O) groups is 2. The van der Waals surface area contributed by atoms with Crippen LogP contribution < -0.4 is 15.6 Å². The molecule has 1 heterocycles. The Morgan fingerprint density at radius 1 is 1.06 bits per heavy atom. The smallest absolute Gasteiger partial charge is 0.276 e. The number of ether oxygens (including phenoxy) is 1. The Hall–Kier alpha value is -3.61. The van der Waals surface area contributed by atoms with Gasteiger partial charge in [-0.25, -0.2) is 4.68 Å². The number of hydrogen-bond donors (Lipinski definition) is 2. The standard InChI is InChI=1S/C24H28N4O3/c1-17(2)21-11-9-18(3)13-22(21)31-16-24(30)27-26-23(29)12-10-19-14-25-28(15-19)20-7-5-4-6-8-20/h4-9,11,13-15,17H,10,12,16H2,1-3H3,(H,26,29)(H,27,30). The van der Waals surface area contributed by atoms with Gasteiger partial charge >= 0.3 is 0 Å². The fourth-order valence-corrected chi connectivity index (χ4v) is 3.09. The second kappa shape index (κ2) is 10.4. The summed E-state index contributed by atoms with van der Waals surface area (Å²) >= 11 is 0. The molecular weight excluding hydrogens is 392 g/mol. The number of aromatic nitrogens is 2. The summed E-state index contributed by atoms with van der Waals surface area (Å²) in [5.74, 6) is 0.275. The Labute approximate surface area is 182 Å². The molecule has 0 spiro atoms.